The molecule has 0 bridgehead atoms. The third kappa shape index (κ3) is 4.36. The predicted molar refractivity (Wildman–Crippen MR) is 129 cm³/mol. The summed E-state index contributed by atoms with van der Waals surface area (Å²) in [6.07, 6.45) is 5.78. The van der Waals surface area contributed by atoms with Crippen LogP contribution in [-0.4, -0.2) is 31.5 Å². The van der Waals surface area contributed by atoms with Gasteiger partial charge < -0.3 is 0 Å². The fourth-order valence-corrected chi connectivity index (χ4v) is 4.61. The highest BCUT2D eigenvalue weighted by Gasteiger charge is 2.31. The molecular weight excluding hydrogens is 434 g/mol. The summed E-state index contributed by atoms with van der Waals surface area (Å²) in [6, 6.07) is 17.4. The molecule has 2 aromatic carbocycles. The number of amides is 1. The van der Waals surface area contributed by atoms with Crippen molar-refractivity contribution >= 4 is 51.9 Å². The average Bonchev–Trinajstić information content (AvgIpc) is 3.29. The number of nitrogens with zero attached hydrogens (tertiary/aromatic N) is 3. The highest BCUT2D eigenvalue weighted by atomic mass is 35.5. The van der Waals surface area contributed by atoms with E-state index in [0.717, 1.165) is 35.3 Å². The Labute approximate surface area is 190 Å². The van der Waals surface area contributed by atoms with Gasteiger partial charge >= 0.3 is 0 Å². The lowest BCUT2D eigenvalue weighted by Crippen LogP contribution is -2.28. The summed E-state index contributed by atoms with van der Waals surface area (Å²) in [6.45, 7) is 2.76. The topological polar surface area (TPSA) is 38.1 Å². The maximum Gasteiger partial charge on any atom is 0.266 e. The van der Waals surface area contributed by atoms with Crippen LogP contribution in [0.1, 0.15) is 25.3 Å². The quantitative estimate of drug-likeness (QED) is 0.329. The molecule has 7 heteroatoms. The van der Waals surface area contributed by atoms with E-state index in [-0.39, 0.29) is 5.91 Å². The molecule has 0 N–H and O–H groups in total. The minimum atomic E-state index is -0.0343. The first kappa shape index (κ1) is 20.8. The molecule has 4 rings (SSSR count). The van der Waals surface area contributed by atoms with Gasteiger partial charge in [-0.25, -0.2) is 4.68 Å². The van der Waals surface area contributed by atoms with Gasteiger partial charge in [0, 0.05) is 28.9 Å². The molecule has 0 atom stereocenters. The molecule has 2 heterocycles. The van der Waals surface area contributed by atoms with Crippen molar-refractivity contribution in [2.24, 2.45) is 0 Å². The van der Waals surface area contributed by atoms with E-state index in [9.17, 15) is 4.79 Å². The van der Waals surface area contributed by atoms with Crippen LogP contribution >= 0.6 is 35.6 Å². The molecule has 0 unspecified atom stereocenters. The van der Waals surface area contributed by atoms with Crippen molar-refractivity contribution in [3.8, 4) is 16.9 Å². The number of benzene rings is 2. The number of halogens is 1. The Bertz CT molecular complexity index is 1110. The van der Waals surface area contributed by atoms with Gasteiger partial charge in [0.2, 0.25) is 0 Å². The van der Waals surface area contributed by atoms with Crippen molar-refractivity contribution in [3.63, 3.8) is 0 Å². The van der Waals surface area contributed by atoms with Crippen LogP contribution in [0.5, 0.6) is 0 Å². The van der Waals surface area contributed by atoms with Gasteiger partial charge in [0.15, 0.2) is 0 Å². The lowest BCUT2D eigenvalue weighted by atomic mass is 10.1. The molecule has 4 nitrogen and oxygen atoms in total. The molecule has 1 saturated heterocycles. The minimum absolute atomic E-state index is 0.0343. The number of hydrogen-bond donors (Lipinski definition) is 0. The van der Waals surface area contributed by atoms with E-state index in [0.29, 0.717) is 20.8 Å². The first-order valence-corrected chi connectivity index (χ1v) is 11.3. The van der Waals surface area contributed by atoms with Crippen LogP contribution in [0, 0.1) is 0 Å². The van der Waals surface area contributed by atoms with Gasteiger partial charge in [0.25, 0.3) is 5.91 Å². The normalized spacial score (nSPS) is 15.4. The van der Waals surface area contributed by atoms with Crippen molar-refractivity contribution in [1.82, 2.24) is 14.7 Å². The molecule has 0 spiro atoms. The smallest absolute Gasteiger partial charge is 0.266 e. The number of aromatic nitrogens is 2. The number of carbonyl (C=O) groups is 1. The Balaban J connectivity index is 1.76. The Morgan fingerprint density at radius 1 is 1.13 bits per heavy atom. The number of thiocarbonyl (C=S) groups is 1. The second-order valence-corrected chi connectivity index (χ2v) is 9.02. The summed E-state index contributed by atoms with van der Waals surface area (Å²) in [5.41, 5.74) is 3.52. The maximum absolute atomic E-state index is 12.9. The molecule has 1 aromatic heterocycles. The van der Waals surface area contributed by atoms with E-state index in [1.54, 1.807) is 4.90 Å². The molecule has 3 aromatic rings. The van der Waals surface area contributed by atoms with Crippen molar-refractivity contribution in [3.05, 3.63) is 76.3 Å². The summed E-state index contributed by atoms with van der Waals surface area (Å²) in [5.74, 6) is -0.0343. The first-order chi connectivity index (χ1) is 14.6. The van der Waals surface area contributed by atoms with Gasteiger partial charge in [-0.3, -0.25) is 9.69 Å². The lowest BCUT2D eigenvalue weighted by Gasteiger charge is -2.12. The van der Waals surface area contributed by atoms with E-state index in [1.807, 2.05) is 71.6 Å². The van der Waals surface area contributed by atoms with E-state index >= 15 is 0 Å². The van der Waals surface area contributed by atoms with Crippen molar-refractivity contribution in [2.75, 3.05) is 6.54 Å². The largest absolute Gasteiger partial charge is 0.293 e. The summed E-state index contributed by atoms with van der Waals surface area (Å²) >= 11 is 12.9. The summed E-state index contributed by atoms with van der Waals surface area (Å²) in [4.78, 5) is 15.2. The van der Waals surface area contributed by atoms with Gasteiger partial charge in [0.05, 0.1) is 16.3 Å². The zero-order valence-corrected chi connectivity index (χ0v) is 18.8. The summed E-state index contributed by atoms with van der Waals surface area (Å²) < 4.78 is 2.44. The standard InChI is InChI=1S/C23H20ClN3OS2/c1-2-3-13-26-22(28)20(30-23(26)29)14-17-15-27(19-7-5-4-6-8-19)25-21(17)16-9-11-18(24)12-10-16/h4-12,14-15H,2-3,13H2,1H3. The van der Waals surface area contributed by atoms with E-state index in [1.165, 1.54) is 11.8 Å². The number of carbonyl (C=O) groups excluding carboxylic acids is 1. The number of para-hydroxylation sites is 1. The van der Waals surface area contributed by atoms with Crippen LogP contribution in [0.2, 0.25) is 5.02 Å². The molecule has 152 valence electrons. The highest BCUT2D eigenvalue weighted by molar-refractivity contribution is 8.26. The molecule has 0 saturated carbocycles. The zero-order valence-electron chi connectivity index (χ0n) is 16.4. The van der Waals surface area contributed by atoms with Crippen LogP contribution in [-0.2, 0) is 4.79 Å². The predicted octanol–water partition coefficient (Wildman–Crippen LogP) is 6.19. The fraction of sp³-hybridized carbons (Fsp3) is 0.174. The van der Waals surface area contributed by atoms with Gasteiger partial charge in [0.1, 0.15) is 4.32 Å². The highest BCUT2D eigenvalue weighted by Crippen LogP contribution is 2.35. The number of hydrogen-bond acceptors (Lipinski definition) is 4. The van der Waals surface area contributed by atoms with Gasteiger partial charge in [-0.05, 0) is 36.8 Å². The summed E-state index contributed by atoms with van der Waals surface area (Å²) in [5, 5.41) is 5.46. The van der Waals surface area contributed by atoms with Gasteiger partial charge in [-0.1, -0.05) is 79.3 Å². The molecule has 1 fully saturated rings. The molecule has 1 aliphatic heterocycles. The second kappa shape index (κ2) is 9.16. The van der Waals surface area contributed by atoms with Crippen molar-refractivity contribution < 1.29 is 4.79 Å². The number of unbranched alkanes of at least 4 members (excludes halogenated alkanes) is 1. The van der Waals surface area contributed by atoms with Crippen LogP contribution < -0.4 is 0 Å². The van der Waals surface area contributed by atoms with Crippen LogP contribution in [0.4, 0.5) is 0 Å². The van der Waals surface area contributed by atoms with Crippen LogP contribution in [0.25, 0.3) is 23.0 Å². The minimum Gasteiger partial charge on any atom is -0.293 e. The molecular formula is C23H20ClN3OS2. The lowest BCUT2D eigenvalue weighted by molar-refractivity contribution is -0.122. The molecule has 0 aliphatic carbocycles. The van der Waals surface area contributed by atoms with Crippen LogP contribution in [0.3, 0.4) is 0 Å². The van der Waals surface area contributed by atoms with Crippen molar-refractivity contribution in [2.45, 2.75) is 19.8 Å². The maximum atomic E-state index is 12.9. The first-order valence-electron chi connectivity index (χ1n) is 9.73. The Hall–Kier alpha value is -2.41. The monoisotopic (exact) mass is 453 g/mol. The fourth-order valence-electron chi connectivity index (χ4n) is 3.19. The number of thioether (sulfide) groups is 1. The van der Waals surface area contributed by atoms with E-state index < -0.39 is 0 Å². The third-order valence-electron chi connectivity index (χ3n) is 4.78. The van der Waals surface area contributed by atoms with Crippen LogP contribution in [0.15, 0.2) is 65.7 Å². The van der Waals surface area contributed by atoms with Gasteiger partial charge in [-0.2, -0.15) is 5.10 Å². The Kier molecular flexibility index (Phi) is 6.37. The SMILES string of the molecule is CCCCN1C(=O)C(=Cc2cn(-c3ccccc3)nc2-c2ccc(Cl)cc2)SC1=S. The zero-order chi connectivity index (χ0) is 21.1. The van der Waals surface area contributed by atoms with E-state index in [2.05, 4.69) is 6.92 Å². The third-order valence-corrected chi connectivity index (χ3v) is 6.41. The Morgan fingerprint density at radius 3 is 2.57 bits per heavy atom. The molecule has 1 aliphatic rings. The van der Waals surface area contributed by atoms with Crippen molar-refractivity contribution in [1.29, 1.82) is 0 Å². The molecule has 0 radical (unpaired) electrons. The van der Waals surface area contributed by atoms with Gasteiger partial charge in [-0.15, -0.1) is 0 Å². The number of rotatable bonds is 6. The van der Waals surface area contributed by atoms with E-state index in [4.69, 9.17) is 28.9 Å². The Morgan fingerprint density at radius 2 is 1.87 bits per heavy atom. The average molecular weight is 454 g/mol. The molecule has 30 heavy (non-hydrogen) atoms. The summed E-state index contributed by atoms with van der Waals surface area (Å²) in [7, 11) is 0. The second-order valence-electron chi connectivity index (χ2n) is 6.91. The molecule has 1 amide bonds.